The lowest BCUT2D eigenvalue weighted by atomic mass is 9.94. The molecule has 0 saturated carbocycles. The van der Waals surface area contributed by atoms with E-state index < -0.39 is 0 Å². The molecule has 1 aromatic heterocycles. The maximum absolute atomic E-state index is 12.9. The highest BCUT2D eigenvalue weighted by Crippen LogP contribution is 2.30. The minimum absolute atomic E-state index is 0.0258. The van der Waals surface area contributed by atoms with E-state index in [-0.39, 0.29) is 17.8 Å². The number of anilines is 2. The number of amides is 2. The van der Waals surface area contributed by atoms with Gasteiger partial charge in [0.2, 0.25) is 5.89 Å². The maximum Gasteiger partial charge on any atom is 0.313 e. The molecule has 2 heterocycles. The third kappa shape index (κ3) is 3.38. The van der Waals surface area contributed by atoms with Gasteiger partial charge in [-0.2, -0.15) is 0 Å². The van der Waals surface area contributed by atoms with E-state index in [1.807, 2.05) is 48.5 Å². The molecule has 0 aliphatic carbocycles. The summed E-state index contributed by atoms with van der Waals surface area (Å²) in [5.74, 6) is -0.114. The summed E-state index contributed by atoms with van der Waals surface area (Å²) in [5, 5.41) is 12.5. The summed E-state index contributed by atoms with van der Waals surface area (Å²) in [4.78, 5) is 27.2. The second kappa shape index (κ2) is 7.56. The average Bonchev–Trinajstić information content (AvgIpc) is 3.23. The minimum atomic E-state index is -0.238. The molecule has 31 heavy (non-hydrogen) atoms. The van der Waals surface area contributed by atoms with Crippen LogP contribution in [-0.2, 0) is 0 Å². The number of nitrogens with zero attached hydrogens (tertiary/aromatic N) is 3. The molecule has 5 rings (SSSR count). The summed E-state index contributed by atoms with van der Waals surface area (Å²) in [6, 6.07) is 18.6. The van der Waals surface area contributed by atoms with E-state index in [1.165, 1.54) is 4.90 Å². The molecular weight excluding hydrogens is 394 g/mol. The zero-order valence-electron chi connectivity index (χ0n) is 16.5. The first-order chi connectivity index (χ1) is 15.1. The number of carbonyl (C=O) groups excluding carboxylic acids is 2. The van der Waals surface area contributed by atoms with E-state index in [0.717, 1.165) is 22.0 Å². The molecule has 0 fully saturated rings. The molecule has 2 amide bonds. The number of carbonyl (C=O) groups is 2. The molecule has 0 spiro atoms. The van der Waals surface area contributed by atoms with Crippen molar-refractivity contribution in [3.05, 3.63) is 71.8 Å². The van der Waals surface area contributed by atoms with Crippen LogP contribution in [-0.4, -0.2) is 40.0 Å². The number of imide groups is 1. The zero-order chi connectivity index (χ0) is 21.4. The van der Waals surface area contributed by atoms with Gasteiger partial charge in [0.25, 0.3) is 11.8 Å². The largest absolute Gasteiger partial charge is 0.404 e. The van der Waals surface area contributed by atoms with Crippen LogP contribution in [0, 0.1) is 0 Å². The number of benzene rings is 3. The second-order valence-electron chi connectivity index (χ2n) is 7.27. The molecule has 8 nitrogen and oxygen atoms in total. The fraction of sp³-hybridized carbons (Fsp3) is 0.130. The van der Waals surface area contributed by atoms with E-state index in [0.29, 0.717) is 36.5 Å². The molecule has 1 aliphatic rings. The number of nitrogen functional groups attached to an aromatic ring is 1. The maximum atomic E-state index is 12.9. The Morgan fingerprint density at radius 3 is 2.19 bits per heavy atom. The van der Waals surface area contributed by atoms with Crippen molar-refractivity contribution in [1.29, 1.82) is 0 Å². The Hall–Kier alpha value is -4.20. The number of hydrogen-bond acceptors (Lipinski definition) is 7. The minimum Gasteiger partial charge on any atom is -0.404 e. The Balaban J connectivity index is 1.22. The summed E-state index contributed by atoms with van der Waals surface area (Å²) < 4.78 is 5.21. The first-order valence-electron chi connectivity index (χ1n) is 9.93. The number of nitrogens with two attached hydrogens (primary N) is 1. The topological polar surface area (TPSA) is 114 Å². The van der Waals surface area contributed by atoms with Crippen molar-refractivity contribution >= 4 is 34.3 Å². The van der Waals surface area contributed by atoms with E-state index in [1.54, 1.807) is 12.1 Å². The molecule has 3 N–H and O–H groups in total. The standard InChI is InChI=1S/C23H19N5O3/c24-23-27-26-20(31-23)15-8-10-16(11-9-15)25-12-3-13-28-21(29)17-6-1-4-14-5-2-7-18(19(14)17)22(28)30/h1-2,4-11,25H,3,12-13H2,(H2,24,27). The Morgan fingerprint density at radius 2 is 1.58 bits per heavy atom. The fourth-order valence-electron chi connectivity index (χ4n) is 3.84. The molecule has 0 radical (unpaired) electrons. The normalized spacial score (nSPS) is 13.1. The zero-order valence-corrected chi connectivity index (χ0v) is 16.5. The molecule has 154 valence electrons. The lowest BCUT2D eigenvalue weighted by Gasteiger charge is -2.27. The van der Waals surface area contributed by atoms with Gasteiger partial charge in [-0.05, 0) is 48.2 Å². The highest BCUT2D eigenvalue weighted by atomic mass is 16.4. The predicted octanol–water partition coefficient (Wildman–Crippen LogP) is 3.57. The first-order valence-corrected chi connectivity index (χ1v) is 9.93. The molecule has 0 atom stereocenters. The van der Waals surface area contributed by atoms with Crippen LogP contribution in [0.5, 0.6) is 0 Å². The molecule has 3 aromatic carbocycles. The van der Waals surface area contributed by atoms with Crippen LogP contribution < -0.4 is 11.1 Å². The molecular formula is C23H19N5O3. The molecule has 0 saturated heterocycles. The van der Waals surface area contributed by atoms with Crippen LogP contribution in [0.2, 0.25) is 0 Å². The van der Waals surface area contributed by atoms with Crippen LogP contribution in [0.25, 0.3) is 22.2 Å². The van der Waals surface area contributed by atoms with Crippen LogP contribution in [0.1, 0.15) is 27.1 Å². The predicted molar refractivity (Wildman–Crippen MR) is 117 cm³/mol. The number of hydrogen-bond donors (Lipinski definition) is 2. The molecule has 1 aliphatic heterocycles. The summed E-state index contributed by atoms with van der Waals surface area (Å²) in [7, 11) is 0. The Kier molecular flexibility index (Phi) is 4.59. The third-order valence-electron chi connectivity index (χ3n) is 5.32. The summed E-state index contributed by atoms with van der Waals surface area (Å²) >= 11 is 0. The smallest absolute Gasteiger partial charge is 0.313 e. The lowest BCUT2D eigenvalue weighted by Crippen LogP contribution is -2.41. The Bertz CT molecular complexity index is 1250. The highest BCUT2D eigenvalue weighted by Gasteiger charge is 2.31. The van der Waals surface area contributed by atoms with E-state index in [4.69, 9.17) is 10.2 Å². The molecule has 0 unspecified atom stereocenters. The van der Waals surface area contributed by atoms with Gasteiger partial charge in [-0.3, -0.25) is 14.5 Å². The first kappa shape index (κ1) is 18.8. The van der Waals surface area contributed by atoms with Gasteiger partial charge in [0.05, 0.1) is 0 Å². The number of aromatic nitrogens is 2. The van der Waals surface area contributed by atoms with Gasteiger partial charge in [0.15, 0.2) is 0 Å². The van der Waals surface area contributed by atoms with Crippen LogP contribution in [0.3, 0.4) is 0 Å². The van der Waals surface area contributed by atoms with Crippen LogP contribution >= 0.6 is 0 Å². The summed E-state index contributed by atoms with van der Waals surface area (Å²) in [6.07, 6.45) is 0.623. The van der Waals surface area contributed by atoms with Crippen molar-refractivity contribution in [3.8, 4) is 11.5 Å². The van der Waals surface area contributed by atoms with Crippen molar-refractivity contribution in [3.63, 3.8) is 0 Å². The monoisotopic (exact) mass is 413 g/mol. The van der Waals surface area contributed by atoms with Crippen molar-refractivity contribution in [2.24, 2.45) is 0 Å². The average molecular weight is 413 g/mol. The summed E-state index contributed by atoms with van der Waals surface area (Å²) in [6.45, 7) is 0.949. The summed E-state index contributed by atoms with van der Waals surface area (Å²) in [5.41, 5.74) is 8.29. The van der Waals surface area contributed by atoms with E-state index in [2.05, 4.69) is 15.5 Å². The van der Waals surface area contributed by atoms with Gasteiger partial charge < -0.3 is 15.5 Å². The van der Waals surface area contributed by atoms with Crippen molar-refractivity contribution in [1.82, 2.24) is 15.1 Å². The van der Waals surface area contributed by atoms with Gasteiger partial charge in [-0.15, -0.1) is 5.10 Å². The second-order valence-corrected chi connectivity index (χ2v) is 7.27. The number of rotatable bonds is 6. The van der Waals surface area contributed by atoms with Crippen molar-refractivity contribution < 1.29 is 14.0 Å². The van der Waals surface area contributed by atoms with E-state index in [9.17, 15) is 9.59 Å². The van der Waals surface area contributed by atoms with Gasteiger partial charge in [-0.25, -0.2) is 0 Å². The van der Waals surface area contributed by atoms with Gasteiger partial charge in [0, 0.05) is 40.9 Å². The highest BCUT2D eigenvalue weighted by molar-refractivity contribution is 6.25. The molecule has 0 bridgehead atoms. The number of nitrogens with one attached hydrogen (secondary N) is 1. The van der Waals surface area contributed by atoms with E-state index >= 15 is 0 Å². The molecule has 8 heteroatoms. The van der Waals surface area contributed by atoms with Crippen LogP contribution in [0.15, 0.2) is 65.1 Å². The lowest BCUT2D eigenvalue weighted by molar-refractivity contribution is 0.0610. The van der Waals surface area contributed by atoms with Gasteiger partial charge in [-0.1, -0.05) is 29.4 Å². The molecule has 4 aromatic rings. The SMILES string of the molecule is Nc1nnc(-c2ccc(NCCCN3C(=O)c4cccc5cccc(c45)C3=O)cc2)o1. The Morgan fingerprint density at radius 1 is 0.903 bits per heavy atom. The third-order valence-corrected chi connectivity index (χ3v) is 5.32. The quantitative estimate of drug-likeness (QED) is 0.367. The Labute approximate surface area is 177 Å². The van der Waals surface area contributed by atoms with Gasteiger partial charge in [0.1, 0.15) is 0 Å². The van der Waals surface area contributed by atoms with Crippen molar-refractivity contribution in [2.75, 3.05) is 24.1 Å². The van der Waals surface area contributed by atoms with Crippen LogP contribution in [0.4, 0.5) is 11.7 Å². The van der Waals surface area contributed by atoms with Crippen molar-refractivity contribution in [2.45, 2.75) is 6.42 Å². The van der Waals surface area contributed by atoms with Gasteiger partial charge >= 0.3 is 6.01 Å². The fourth-order valence-corrected chi connectivity index (χ4v) is 3.84.